The predicted octanol–water partition coefficient (Wildman–Crippen LogP) is 2.70. The first kappa shape index (κ1) is 18.9. The zero-order chi connectivity index (χ0) is 19.4. The third kappa shape index (κ3) is 4.48. The Kier molecular flexibility index (Phi) is 5.78. The van der Waals surface area contributed by atoms with E-state index in [9.17, 15) is 14.7 Å². The van der Waals surface area contributed by atoms with Crippen LogP contribution in [-0.4, -0.2) is 41.2 Å². The molecule has 140 valence electrons. The number of hydrogen-bond acceptors (Lipinski definition) is 4. The molecule has 1 amide bonds. The standard InChI is InChI=1S/C20H19ClN2O4/c1-27-20(26)18(24)16(9-12-5-3-2-4-6-12)23-19(25)17-11-13-10-14(21)7-8-15(13)22-17/h2-8,10-11,16,18,22,24H,9H2,1H3,(H,23,25)/t16-,18-/m1/s1. The number of fused-ring (bicyclic) bond motifs is 1. The van der Waals surface area contributed by atoms with E-state index in [1.54, 1.807) is 24.3 Å². The number of carbonyl (C=O) groups is 2. The van der Waals surface area contributed by atoms with Crippen molar-refractivity contribution >= 4 is 34.4 Å². The van der Waals surface area contributed by atoms with E-state index < -0.39 is 24.0 Å². The van der Waals surface area contributed by atoms with Crippen molar-refractivity contribution in [3.8, 4) is 0 Å². The molecular weight excluding hydrogens is 368 g/mol. The number of ether oxygens (including phenoxy) is 1. The monoisotopic (exact) mass is 386 g/mol. The van der Waals surface area contributed by atoms with Crippen LogP contribution in [0.2, 0.25) is 5.02 Å². The molecule has 7 heteroatoms. The van der Waals surface area contributed by atoms with Crippen molar-refractivity contribution in [2.24, 2.45) is 0 Å². The Morgan fingerprint density at radius 3 is 2.63 bits per heavy atom. The molecule has 0 fully saturated rings. The summed E-state index contributed by atoms with van der Waals surface area (Å²) in [6.45, 7) is 0. The Bertz CT molecular complexity index is 955. The summed E-state index contributed by atoms with van der Waals surface area (Å²) in [5.74, 6) is -1.24. The van der Waals surface area contributed by atoms with Crippen molar-refractivity contribution in [2.75, 3.05) is 7.11 Å². The number of H-pyrrole nitrogens is 1. The Labute approximate surface area is 161 Å². The van der Waals surface area contributed by atoms with Crippen LogP contribution in [0.1, 0.15) is 16.1 Å². The lowest BCUT2D eigenvalue weighted by Gasteiger charge is -2.22. The van der Waals surface area contributed by atoms with Gasteiger partial charge in [0, 0.05) is 15.9 Å². The summed E-state index contributed by atoms with van der Waals surface area (Å²) >= 11 is 5.98. The van der Waals surface area contributed by atoms with Gasteiger partial charge in [-0.05, 0) is 36.2 Å². The summed E-state index contributed by atoms with van der Waals surface area (Å²) in [7, 11) is 1.19. The Hall–Kier alpha value is -2.83. The van der Waals surface area contributed by atoms with Crippen LogP contribution in [0, 0.1) is 0 Å². The highest BCUT2D eigenvalue weighted by atomic mass is 35.5. The second kappa shape index (κ2) is 8.24. The fourth-order valence-electron chi connectivity index (χ4n) is 2.87. The molecule has 0 saturated carbocycles. The van der Waals surface area contributed by atoms with Crippen LogP contribution >= 0.6 is 11.6 Å². The fourth-order valence-corrected chi connectivity index (χ4v) is 3.05. The molecule has 1 heterocycles. The molecule has 0 radical (unpaired) electrons. The Morgan fingerprint density at radius 2 is 1.93 bits per heavy atom. The van der Waals surface area contributed by atoms with E-state index in [2.05, 4.69) is 15.0 Å². The first-order valence-electron chi connectivity index (χ1n) is 8.37. The molecule has 0 aliphatic heterocycles. The number of aliphatic hydroxyl groups is 1. The lowest BCUT2D eigenvalue weighted by molar-refractivity contribution is -0.151. The first-order chi connectivity index (χ1) is 13.0. The average molecular weight is 387 g/mol. The summed E-state index contributed by atoms with van der Waals surface area (Å²) in [5.41, 5.74) is 1.94. The minimum absolute atomic E-state index is 0.273. The van der Waals surface area contributed by atoms with E-state index in [1.165, 1.54) is 7.11 Å². The van der Waals surface area contributed by atoms with Gasteiger partial charge >= 0.3 is 5.97 Å². The predicted molar refractivity (Wildman–Crippen MR) is 103 cm³/mol. The van der Waals surface area contributed by atoms with Crippen LogP contribution in [0.5, 0.6) is 0 Å². The largest absolute Gasteiger partial charge is 0.467 e. The van der Waals surface area contributed by atoms with Gasteiger partial charge < -0.3 is 20.1 Å². The molecule has 0 spiro atoms. The smallest absolute Gasteiger partial charge is 0.336 e. The number of aromatic nitrogens is 1. The number of halogens is 1. The van der Waals surface area contributed by atoms with Gasteiger partial charge in [-0.15, -0.1) is 0 Å². The van der Waals surface area contributed by atoms with Crippen LogP contribution < -0.4 is 5.32 Å². The van der Waals surface area contributed by atoms with Gasteiger partial charge in [0.2, 0.25) is 0 Å². The van der Waals surface area contributed by atoms with Crippen LogP contribution in [0.4, 0.5) is 0 Å². The molecule has 3 N–H and O–H groups in total. The van der Waals surface area contributed by atoms with Crippen LogP contribution in [0.3, 0.4) is 0 Å². The van der Waals surface area contributed by atoms with Crippen molar-refractivity contribution in [2.45, 2.75) is 18.6 Å². The van der Waals surface area contributed by atoms with Gasteiger partial charge in [0.05, 0.1) is 13.2 Å². The van der Waals surface area contributed by atoms with Crippen LogP contribution in [0.25, 0.3) is 10.9 Å². The summed E-state index contributed by atoms with van der Waals surface area (Å²) in [5, 5.41) is 14.4. The van der Waals surface area contributed by atoms with E-state index in [4.69, 9.17) is 11.6 Å². The Balaban J connectivity index is 1.82. The summed E-state index contributed by atoms with van der Waals surface area (Å²) in [6, 6.07) is 15.3. The van der Waals surface area contributed by atoms with Gasteiger partial charge in [0.25, 0.3) is 5.91 Å². The molecule has 2 atom stereocenters. The maximum absolute atomic E-state index is 12.7. The second-order valence-electron chi connectivity index (χ2n) is 6.15. The number of amides is 1. The van der Waals surface area contributed by atoms with E-state index >= 15 is 0 Å². The van der Waals surface area contributed by atoms with Gasteiger partial charge in [-0.2, -0.15) is 0 Å². The third-order valence-corrected chi connectivity index (χ3v) is 4.50. The van der Waals surface area contributed by atoms with Crippen molar-refractivity contribution in [1.82, 2.24) is 10.3 Å². The molecule has 3 rings (SSSR count). The SMILES string of the molecule is COC(=O)[C@H](O)[C@@H](Cc1ccccc1)NC(=O)c1cc2cc(Cl)ccc2[nH]1. The number of rotatable bonds is 6. The molecule has 0 aliphatic carbocycles. The van der Waals surface area contributed by atoms with Crippen LogP contribution in [-0.2, 0) is 16.0 Å². The number of esters is 1. The minimum Gasteiger partial charge on any atom is -0.467 e. The van der Waals surface area contributed by atoms with E-state index in [0.29, 0.717) is 10.7 Å². The third-order valence-electron chi connectivity index (χ3n) is 4.27. The topological polar surface area (TPSA) is 91.4 Å². The van der Waals surface area contributed by atoms with E-state index in [1.807, 2.05) is 30.3 Å². The molecular formula is C20H19ClN2O4. The lowest BCUT2D eigenvalue weighted by atomic mass is 10.0. The zero-order valence-corrected chi connectivity index (χ0v) is 15.4. The molecule has 0 bridgehead atoms. The fraction of sp³-hybridized carbons (Fsp3) is 0.200. The molecule has 27 heavy (non-hydrogen) atoms. The number of aromatic amines is 1. The highest BCUT2D eigenvalue weighted by Crippen LogP contribution is 2.20. The number of carbonyl (C=O) groups excluding carboxylic acids is 2. The number of methoxy groups -OCH3 is 1. The van der Waals surface area contributed by atoms with Gasteiger partial charge in [0.1, 0.15) is 5.69 Å². The minimum atomic E-state index is -1.49. The lowest BCUT2D eigenvalue weighted by Crippen LogP contribution is -2.48. The Morgan fingerprint density at radius 1 is 1.19 bits per heavy atom. The second-order valence-corrected chi connectivity index (χ2v) is 6.59. The van der Waals surface area contributed by atoms with Crippen molar-refractivity contribution < 1.29 is 19.4 Å². The highest BCUT2D eigenvalue weighted by molar-refractivity contribution is 6.31. The maximum atomic E-state index is 12.7. The molecule has 3 aromatic rings. The maximum Gasteiger partial charge on any atom is 0.336 e. The molecule has 1 aromatic heterocycles. The number of hydrogen-bond donors (Lipinski definition) is 3. The summed E-state index contributed by atoms with van der Waals surface area (Å²) in [4.78, 5) is 27.5. The van der Waals surface area contributed by atoms with Crippen molar-refractivity contribution in [1.29, 1.82) is 0 Å². The zero-order valence-electron chi connectivity index (χ0n) is 14.6. The normalized spacial score (nSPS) is 13.1. The molecule has 6 nitrogen and oxygen atoms in total. The van der Waals surface area contributed by atoms with Crippen molar-refractivity contribution in [3.63, 3.8) is 0 Å². The summed E-state index contributed by atoms with van der Waals surface area (Å²) < 4.78 is 4.62. The van der Waals surface area contributed by atoms with Gasteiger partial charge in [-0.3, -0.25) is 4.79 Å². The number of aliphatic hydroxyl groups excluding tert-OH is 1. The van der Waals surface area contributed by atoms with Crippen LogP contribution in [0.15, 0.2) is 54.6 Å². The molecule has 0 saturated heterocycles. The molecule has 0 aliphatic rings. The number of benzene rings is 2. The van der Waals surface area contributed by atoms with Gasteiger partial charge in [-0.25, -0.2) is 4.79 Å². The quantitative estimate of drug-likeness (QED) is 0.568. The average Bonchev–Trinajstić information content (AvgIpc) is 3.10. The van der Waals surface area contributed by atoms with Gasteiger partial charge in [-0.1, -0.05) is 41.9 Å². The first-order valence-corrected chi connectivity index (χ1v) is 8.74. The van der Waals surface area contributed by atoms with Crippen molar-refractivity contribution in [3.05, 3.63) is 70.9 Å². The van der Waals surface area contributed by atoms with E-state index in [0.717, 1.165) is 16.5 Å². The molecule has 2 aromatic carbocycles. The highest BCUT2D eigenvalue weighted by Gasteiger charge is 2.29. The summed E-state index contributed by atoms with van der Waals surface area (Å²) in [6.07, 6.45) is -1.22. The molecule has 0 unspecified atom stereocenters. The van der Waals surface area contributed by atoms with Gasteiger partial charge in [0.15, 0.2) is 6.10 Å². The number of nitrogens with one attached hydrogen (secondary N) is 2. The van der Waals surface area contributed by atoms with E-state index in [-0.39, 0.29) is 6.42 Å².